The minimum atomic E-state index is 0.00165. The second-order valence-corrected chi connectivity index (χ2v) is 5.72. The van der Waals surface area contributed by atoms with E-state index >= 15 is 0 Å². The predicted molar refractivity (Wildman–Crippen MR) is 73.6 cm³/mol. The van der Waals surface area contributed by atoms with Gasteiger partial charge in [0.1, 0.15) is 0 Å². The summed E-state index contributed by atoms with van der Waals surface area (Å²) in [6.07, 6.45) is 3.36. The van der Waals surface area contributed by atoms with E-state index in [0.29, 0.717) is 12.3 Å². The maximum Gasteiger partial charge on any atom is 0.239 e. The molecule has 2 aliphatic rings. The van der Waals surface area contributed by atoms with Crippen LogP contribution in [0, 0.1) is 5.92 Å². The van der Waals surface area contributed by atoms with Crippen molar-refractivity contribution in [1.29, 1.82) is 0 Å². The van der Waals surface area contributed by atoms with Crippen molar-refractivity contribution in [2.24, 2.45) is 5.92 Å². The highest BCUT2D eigenvalue weighted by Crippen LogP contribution is 2.19. The van der Waals surface area contributed by atoms with E-state index in [2.05, 4.69) is 17.6 Å². The number of nitrogens with one attached hydrogen (secondary N) is 2. The van der Waals surface area contributed by atoms with Crippen LogP contribution in [-0.2, 0) is 9.59 Å². The number of piperidine rings is 1. The van der Waals surface area contributed by atoms with E-state index in [4.69, 9.17) is 0 Å². The SMILES string of the molecule is CCC(=O)NC1CCN(C(=O)C2NCCC2C)CC1. The van der Waals surface area contributed by atoms with Gasteiger partial charge in [-0.2, -0.15) is 0 Å². The van der Waals surface area contributed by atoms with Crippen LogP contribution in [0.5, 0.6) is 0 Å². The van der Waals surface area contributed by atoms with Crippen molar-refractivity contribution < 1.29 is 9.59 Å². The number of hydrogen-bond acceptors (Lipinski definition) is 3. The molecule has 0 aromatic carbocycles. The number of likely N-dealkylation sites (tertiary alicyclic amines) is 1. The largest absolute Gasteiger partial charge is 0.353 e. The molecule has 0 radical (unpaired) electrons. The number of nitrogens with zero attached hydrogens (tertiary/aromatic N) is 1. The lowest BCUT2D eigenvalue weighted by Gasteiger charge is -2.34. The maximum absolute atomic E-state index is 12.4. The highest BCUT2D eigenvalue weighted by atomic mass is 16.2. The van der Waals surface area contributed by atoms with Crippen molar-refractivity contribution in [3.8, 4) is 0 Å². The second-order valence-electron chi connectivity index (χ2n) is 5.72. The number of rotatable bonds is 3. The molecule has 0 aromatic rings. The standard InChI is InChI=1S/C14H25N3O2/c1-3-12(18)16-11-5-8-17(9-6-11)14(19)13-10(2)4-7-15-13/h10-11,13,15H,3-9H2,1-2H3,(H,16,18). The Labute approximate surface area is 115 Å². The van der Waals surface area contributed by atoms with Gasteiger partial charge in [0, 0.05) is 25.6 Å². The van der Waals surface area contributed by atoms with E-state index in [-0.39, 0.29) is 23.9 Å². The molecule has 108 valence electrons. The van der Waals surface area contributed by atoms with Crippen molar-refractivity contribution in [1.82, 2.24) is 15.5 Å². The molecular weight excluding hydrogens is 242 g/mol. The van der Waals surface area contributed by atoms with Crippen molar-refractivity contribution >= 4 is 11.8 Å². The zero-order valence-electron chi connectivity index (χ0n) is 11.9. The molecule has 0 spiro atoms. The summed E-state index contributed by atoms with van der Waals surface area (Å²) in [5.41, 5.74) is 0. The number of carbonyl (C=O) groups excluding carboxylic acids is 2. The molecule has 2 heterocycles. The molecule has 0 saturated carbocycles. The molecule has 2 unspecified atom stereocenters. The van der Waals surface area contributed by atoms with Crippen molar-refractivity contribution in [3.05, 3.63) is 0 Å². The Morgan fingerprint density at radius 2 is 1.95 bits per heavy atom. The molecule has 2 amide bonds. The lowest BCUT2D eigenvalue weighted by molar-refractivity contribution is -0.135. The van der Waals surface area contributed by atoms with E-state index in [1.807, 2.05) is 11.8 Å². The highest BCUT2D eigenvalue weighted by molar-refractivity contribution is 5.82. The van der Waals surface area contributed by atoms with E-state index in [1.165, 1.54) is 0 Å². The second kappa shape index (κ2) is 6.37. The van der Waals surface area contributed by atoms with Crippen LogP contribution < -0.4 is 10.6 Å². The third-order valence-electron chi connectivity index (χ3n) is 4.29. The fourth-order valence-corrected chi connectivity index (χ4v) is 2.94. The van der Waals surface area contributed by atoms with Gasteiger partial charge in [0.2, 0.25) is 11.8 Å². The molecule has 0 aliphatic carbocycles. The third-order valence-corrected chi connectivity index (χ3v) is 4.29. The lowest BCUT2D eigenvalue weighted by Crippen LogP contribution is -2.51. The van der Waals surface area contributed by atoms with Crippen molar-refractivity contribution in [3.63, 3.8) is 0 Å². The van der Waals surface area contributed by atoms with Gasteiger partial charge < -0.3 is 15.5 Å². The van der Waals surface area contributed by atoms with Crippen molar-refractivity contribution in [2.75, 3.05) is 19.6 Å². The summed E-state index contributed by atoms with van der Waals surface area (Å²) >= 11 is 0. The first-order valence-electron chi connectivity index (χ1n) is 7.43. The molecule has 2 N–H and O–H groups in total. The Bertz CT molecular complexity index is 338. The van der Waals surface area contributed by atoms with Gasteiger partial charge in [-0.3, -0.25) is 9.59 Å². The smallest absolute Gasteiger partial charge is 0.239 e. The highest BCUT2D eigenvalue weighted by Gasteiger charge is 2.34. The fraction of sp³-hybridized carbons (Fsp3) is 0.857. The van der Waals surface area contributed by atoms with E-state index in [0.717, 1.165) is 38.9 Å². The third kappa shape index (κ3) is 3.47. The Morgan fingerprint density at radius 3 is 2.47 bits per heavy atom. The molecule has 19 heavy (non-hydrogen) atoms. The van der Waals surface area contributed by atoms with Gasteiger partial charge in [-0.05, 0) is 31.7 Å². The molecule has 2 saturated heterocycles. The van der Waals surface area contributed by atoms with Gasteiger partial charge in [0.05, 0.1) is 6.04 Å². The van der Waals surface area contributed by atoms with Crippen LogP contribution >= 0.6 is 0 Å². The normalized spacial score (nSPS) is 28.4. The summed E-state index contributed by atoms with van der Waals surface area (Å²) in [6, 6.07) is 0.243. The monoisotopic (exact) mass is 267 g/mol. The number of hydrogen-bond donors (Lipinski definition) is 2. The Morgan fingerprint density at radius 1 is 1.26 bits per heavy atom. The topological polar surface area (TPSA) is 61.4 Å². The van der Waals surface area contributed by atoms with E-state index in [9.17, 15) is 9.59 Å². The van der Waals surface area contributed by atoms with Crippen molar-refractivity contribution in [2.45, 2.75) is 51.6 Å². The van der Waals surface area contributed by atoms with Crippen LogP contribution in [0.15, 0.2) is 0 Å². The molecule has 2 aliphatic heterocycles. The zero-order chi connectivity index (χ0) is 13.8. The van der Waals surface area contributed by atoms with Gasteiger partial charge in [-0.1, -0.05) is 13.8 Å². The number of carbonyl (C=O) groups is 2. The van der Waals surface area contributed by atoms with Gasteiger partial charge >= 0.3 is 0 Å². The summed E-state index contributed by atoms with van der Waals surface area (Å²) < 4.78 is 0. The summed E-state index contributed by atoms with van der Waals surface area (Å²) in [7, 11) is 0. The Hall–Kier alpha value is -1.10. The molecule has 5 nitrogen and oxygen atoms in total. The molecule has 0 aromatic heterocycles. The van der Waals surface area contributed by atoms with Gasteiger partial charge in [0.15, 0.2) is 0 Å². The van der Waals surface area contributed by atoms with Gasteiger partial charge in [-0.15, -0.1) is 0 Å². The molecule has 5 heteroatoms. The first kappa shape index (κ1) is 14.3. The summed E-state index contributed by atoms with van der Waals surface area (Å²) in [5.74, 6) is 0.783. The molecule has 2 fully saturated rings. The van der Waals surface area contributed by atoms with Crippen LogP contribution in [-0.4, -0.2) is 48.4 Å². The van der Waals surface area contributed by atoms with E-state index in [1.54, 1.807) is 0 Å². The maximum atomic E-state index is 12.4. The minimum absolute atomic E-state index is 0.00165. The average Bonchev–Trinajstić information content (AvgIpc) is 2.85. The Balaban J connectivity index is 1.79. The molecular formula is C14H25N3O2. The fourth-order valence-electron chi connectivity index (χ4n) is 2.94. The van der Waals surface area contributed by atoms with Crippen LogP contribution in [0.2, 0.25) is 0 Å². The van der Waals surface area contributed by atoms with E-state index < -0.39 is 0 Å². The van der Waals surface area contributed by atoms with Gasteiger partial charge in [-0.25, -0.2) is 0 Å². The molecule has 2 atom stereocenters. The average molecular weight is 267 g/mol. The minimum Gasteiger partial charge on any atom is -0.353 e. The van der Waals surface area contributed by atoms with Crippen LogP contribution in [0.25, 0.3) is 0 Å². The predicted octanol–water partition coefficient (Wildman–Crippen LogP) is 0.502. The van der Waals surface area contributed by atoms with Gasteiger partial charge in [0.25, 0.3) is 0 Å². The summed E-state index contributed by atoms with van der Waals surface area (Å²) in [5, 5.41) is 6.31. The molecule has 2 rings (SSSR count). The first-order chi connectivity index (χ1) is 9.11. The summed E-state index contributed by atoms with van der Waals surface area (Å²) in [6.45, 7) is 6.47. The van der Waals surface area contributed by atoms with Crippen LogP contribution in [0.1, 0.15) is 39.5 Å². The van der Waals surface area contributed by atoms with Crippen LogP contribution in [0.3, 0.4) is 0 Å². The summed E-state index contributed by atoms with van der Waals surface area (Å²) in [4.78, 5) is 25.7. The first-order valence-corrected chi connectivity index (χ1v) is 7.43. The Kier molecular flexibility index (Phi) is 4.80. The quantitative estimate of drug-likeness (QED) is 0.783. The lowest BCUT2D eigenvalue weighted by atomic mass is 9.99. The van der Waals surface area contributed by atoms with Crippen LogP contribution in [0.4, 0.5) is 0 Å². The number of amides is 2. The molecule has 0 bridgehead atoms. The zero-order valence-corrected chi connectivity index (χ0v) is 11.9.